The standard InChI is InChI=1S/C49H63N5O5S/c1-2-3-4-5-6-7-8-9-10-11-12-13-14-15-16-19-27-40(49(50)57)37-41-38-43(34-36-46(41)55)53(42-28-20-17-21-29-42)54(60(58,59)44-30-22-18-23-31-44)52-51-48-45-32-25-24-26-39(45)33-35-47(48)56/h17-18,20-26,28-36,38,40,55-56H,2-16,19,27,37H2,1H3,(H2,50,57). The molecule has 0 aliphatic rings. The highest BCUT2D eigenvalue weighted by Crippen LogP contribution is 2.39. The molecule has 60 heavy (non-hydrogen) atoms. The first-order valence-corrected chi connectivity index (χ1v) is 23.3. The summed E-state index contributed by atoms with van der Waals surface area (Å²) in [5, 5.41) is 33.5. The first-order valence-electron chi connectivity index (χ1n) is 21.9. The van der Waals surface area contributed by atoms with Gasteiger partial charge in [-0.2, -0.15) is 8.42 Å². The maximum atomic E-state index is 14.6. The van der Waals surface area contributed by atoms with Crippen LogP contribution in [0.15, 0.2) is 130 Å². The zero-order valence-electron chi connectivity index (χ0n) is 35.2. The molecule has 5 rings (SSSR count). The van der Waals surface area contributed by atoms with Gasteiger partial charge < -0.3 is 15.9 Å². The van der Waals surface area contributed by atoms with Crippen molar-refractivity contribution in [3.63, 3.8) is 0 Å². The molecule has 320 valence electrons. The van der Waals surface area contributed by atoms with Gasteiger partial charge in [-0.1, -0.05) is 181 Å². The smallest absolute Gasteiger partial charge is 0.299 e. The summed E-state index contributed by atoms with van der Waals surface area (Å²) in [6.45, 7) is 2.26. The number of benzene rings is 5. The normalized spacial score (nSPS) is 12.2. The molecule has 5 aromatic rings. The van der Waals surface area contributed by atoms with E-state index in [0.717, 1.165) is 29.2 Å². The minimum Gasteiger partial charge on any atom is -0.508 e. The number of anilines is 2. The maximum absolute atomic E-state index is 14.6. The molecule has 0 aliphatic heterocycles. The van der Waals surface area contributed by atoms with Gasteiger partial charge in [-0.25, -0.2) is 5.01 Å². The summed E-state index contributed by atoms with van der Waals surface area (Å²) in [7, 11) is -4.45. The molecular formula is C49H63N5O5S. The molecule has 5 aromatic carbocycles. The highest BCUT2D eigenvalue weighted by molar-refractivity contribution is 7.89. The molecule has 1 amide bonds. The molecule has 0 fully saturated rings. The van der Waals surface area contributed by atoms with Gasteiger partial charge in [0.15, 0.2) is 0 Å². The molecule has 0 spiro atoms. The van der Waals surface area contributed by atoms with Crippen LogP contribution in [0.4, 0.5) is 17.1 Å². The minimum absolute atomic E-state index is 0.0373. The van der Waals surface area contributed by atoms with E-state index in [9.17, 15) is 23.4 Å². The number of nitrogens with two attached hydrogens (primary N) is 1. The zero-order chi connectivity index (χ0) is 42.6. The van der Waals surface area contributed by atoms with E-state index in [4.69, 9.17) is 5.73 Å². The highest BCUT2D eigenvalue weighted by atomic mass is 32.2. The van der Waals surface area contributed by atoms with Crippen LogP contribution in [0, 0.1) is 5.92 Å². The van der Waals surface area contributed by atoms with Crippen LogP contribution in [0.2, 0.25) is 0 Å². The van der Waals surface area contributed by atoms with Gasteiger partial charge in [-0.15, -0.1) is 5.11 Å². The van der Waals surface area contributed by atoms with Gasteiger partial charge >= 0.3 is 0 Å². The van der Waals surface area contributed by atoms with Crippen LogP contribution < -0.4 is 10.7 Å². The Labute approximate surface area is 357 Å². The third-order valence-corrected chi connectivity index (χ3v) is 12.6. The van der Waals surface area contributed by atoms with Gasteiger partial charge in [0.1, 0.15) is 17.2 Å². The molecule has 1 atom stereocenters. The number of phenols is 2. The van der Waals surface area contributed by atoms with Crippen molar-refractivity contribution >= 4 is 43.8 Å². The van der Waals surface area contributed by atoms with Crippen LogP contribution in [-0.4, -0.2) is 29.1 Å². The number of carbonyl (C=O) groups is 1. The number of unbranched alkanes of at least 4 members (excludes halogenated alkanes) is 15. The number of phenolic OH excluding ortho intramolecular Hbond substituents is 2. The van der Waals surface area contributed by atoms with Crippen molar-refractivity contribution in [2.75, 3.05) is 5.01 Å². The molecule has 10 nitrogen and oxygen atoms in total. The monoisotopic (exact) mass is 833 g/mol. The molecule has 1 unspecified atom stereocenters. The Morgan fingerprint density at radius 3 is 1.77 bits per heavy atom. The molecule has 4 N–H and O–H groups in total. The SMILES string of the molecule is CCCCCCCCCCCCCCCCCCC(Cc1cc(N(c2ccccc2)N(N=Nc2c(O)ccc3ccccc23)S(=O)(=O)c2ccccc2)ccc1O)C(N)=O. The lowest BCUT2D eigenvalue weighted by Crippen LogP contribution is -2.40. The number of para-hydroxylation sites is 1. The second kappa shape index (κ2) is 24.0. The molecule has 0 aromatic heterocycles. The number of rotatable bonds is 27. The predicted octanol–water partition coefficient (Wildman–Crippen LogP) is 13.0. The van der Waals surface area contributed by atoms with E-state index in [1.54, 1.807) is 72.8 Å². The van der Waals surface area contributed by atoms with E-state index < -0.39 is 21.8 Å². The van der Waals surface area contributed by atoms with Crippen molar-refractivity contribution < 1.29 is 23.4 Å². The van der Waals surface area contributed by atoms with Crippen LogP contribution >= 0.6 is 0 Å². The Kier molecular flexibility index (Phi) is 18.3. The Balaban J connectivity index is 1.29. The van der Waals surface area contributed by atoms with E-state index >= 15 is 0 Å². The number of fused-ring (bicyclic) bond motifs is 1. The van der Waals surface area contributed by atoms with Gasteiger partial charge in [-0.3, -0.25) is 4.79 Å². The first kappa shape index (κ1) is 45.7. The lowest BCUT2D eigenvalue weighted by atomic mass is 9.92. The average molecular weight is 834 g/mol. The number of primary amides is 1. The van der Waals surface area contributed by atoms with Gasteiger partial charge in [-0.05, 0) is 77.5 Å². The molecular weight excluding hydrogens is 771 g/mol. The summed E-state index contributed by atoms with van der Waals surface area (Å²) in [6.07, 6.45) is 20.9. The number of hydrazine groups is 1. The molecule has 11 heteroatoms. The third-order valence-electron chi connectivity index (χ3n) is 11.1. The second-order valence-electron chi connectivity index (χ2n) is 15.7. The fourth-order valence-corrected chi connectivity index (χ4v) is 8.87. The summed E-state index contributed by atoms with van der Waals surface area (Å²) in [6, 6.07) is 31.9. The summed E-state index contributed by atoms with van der Waals surface area (Å²) in [5.41, 5.74) is 7.23. The van der Waals surface area contributed by atoms with Crippen molar-refractivity contribution in [3.8, 4) is 11.5 Å². The van der Waals surface area contributed by atoms with E-state index in [-0.39, 0.29) is 28.5 Å². The first-order chi connectivity index (χ1) is 29.2. The Morgan fingerprint density at radius 1 is 0.633 bits per heavy atom. The number of sulfonamides is 1. The number of carbonyl (C=O) groups excluding carboxylic acids is 1. The van der Waals surface area contributed by atoms with Gasteiger partial charge in [0.25, 0.3) is 10.0 Å². The zero-order valence-corrected chi connectivity index (χ0v) is 36.0. The number of amides is 1. The van der Waals surface area contributed by atoms with Crippen molar-refractivity contribution in [2.45, 2.75) is 127 Å². The molecule has 0 radical (unpaired) electrons. The summed E-state index contributed by atoms with van der Waals surface area (Å²) < 4.78 is 30.0. The largest absolute Gasteiger partial charge is 0.508 e. The molecule has 0 saturated carbocycles. The highest BCUT2D eigenvalue weighted by Gasteiger charge is 2.32. The van der Waals surface area contributed by atoms with E-state index in [1.165, 1.54) is 113 Å². The molecule has 0 heterocycles. The van der Waals surface area contributed by atoms with Crippen LogP contribution in [0.5, 0.6) is 11.5 Å². The van der Waals surface area contributed by atoms with Gasteiger partial charge in [0, 0.05) is 11.3 Å². The molecule has 0 aliphatic carbocycles. The van der Waals surface area contributed by atoms with Gasteiger partial charge in [0.2, 0.25) is 5.91 Å². The van der Waals surface area contributed by atoms with Crippen molar-refractivity contribution in [3.05, 3.63) is 121 Å². The summed E-state index contributed by atoms with van der Waals surface area (Å²) in [5.74, 6) is -1.18. The lowest BCUT2D eigenvalue weighted by molar-refractivity contribution is -0.122. The van der Waals surface area contributed by atoms with E-state index in [1.807, 2.05) is 18.2 Å². The average Bonchev–Trinajstić information content (AvgIpc) is 3.26. The van der Waals surface area contributed by atoms with Crippen LogP contribution in [0.1, 0.15) is 122 Å². The number of hydrogen-bond donors (Lipinski definition) is 3. The summed E-state index contributed by atoms with van der Waals surface area (Å²) >= 11 is 0. The summed E-state index contributed by atoms with van der Waals surface area (Å²) in [4.78, 5) is 12.7. The van der Waals surface area contributed by atoms with Crippen LogP contribution in [0.25, 0.3) is 10.8 Å². The Bertz CT molecular complexity index is 2200. The van der Waals surface area contributed by atoms with E-state index in [2.05, 4.69) is 17.3 Å². The quantitative estimate of drug-likeness (QED) is 0.0272. The predicted molar refractivity (Wildman–Crippen MR) is 243 cm³/mol. The third kappa shape index (κ3) is 13.3. The van der Waals surface area contributed by atoms with Crippen LogP contribution in [-0.2, 0) is 21.2 Å². The number of aromatic hydroxyl groups is 2. The minimum atomic E-state index is -4.45. The molecule has 0 bridgehead atoms. The van der Waals surface area contributed by atoms with Crippen molar-refractivity contribution in [2.24, 2.45) is 22.0 Å². The fourth-order valence-electron chi connectivity index (χ4n) is 7.65. The molecule has 0 saturated heterocycles. The maximum Gasteiger partial charge on any atom is 0.299 e. The lowest BCUT2D eigenvalue weighted by Gasteiger charge is -2.32. The van der Waals surface area contributed by atoms with Crippen molar-refractivity contribution in [1.29, 1.82) is 0 Å². The Hall–Kier alpha value is -5.42. The Morgan fingerprint density at radius 2 is 1.17 bits per heavy atom. The van der Waals surface area contributed by atoms with Crippen LogP contribution in [0.3, 0.4) is 0 Å². The second-order valence-corrected chi connectivity index (χ2v) is 17.5. The van der Waals surface area contributed by atoms with Crippen molar-refractivity contribution in [1.82, 2.24) is 4.52 Å². The van der Waals surface area contributed by atoms with E-state index in [0.29, 0.717) is 28.7 Å². The topological polar surface area (TPSA) is 149 Å². The van der Waals surface area contributed by atoms with Gasteiger partial charge in [0.05, 0.1) is 16.3 Å². The number of hydrogen-bond acceptors (Lipinski definition) is 8. The fraction of sp³-hybridized carbons (Fsp3) is 0.408. The number of nitrogens with zero attached hydrogens (tertiary/aromatic N) is 4.